The highest BCUT2D eigenvalue weighted by atomic mass is 14.9. The zero-order chi connectivity index (χ0) is 13.7. The third kappa shape index (κ3) is 4.10. The molecule has 1 saturated carbocycles. The van der Waals surface area contributed by atoms with Crippen LogP contribution in [0.25, 0.3) is 6.08 Å². The molecule has 1 aliphatic rings. The molecule has 0 bridgehead atoms. The second-order valence-electron chi connectivity index (χ2n) is 5.74. The first kappa shape index (κ1) is 14.1. The summed E-state index contributed by atoms with van der Waals surface area (Å²) >= 11 is 0. The molecule has 1 aromatic rings. The Kier molecular flexibility index (Phi) is 5.03. The number of nitrogens with one attached hydrogen (secondary N) is 1. The molecule has 104 valence electrons. The molecular weight excluding hydrogens is 232 g/mol. The lowest BCUT2D eigenvalue weighted by molar-refractivity contribution is 0.305. The molecule has 0 aliphatic heterocycles. The molecular formula is C17H26N2. The average molecular weight is 258 g/mol. The highest BCUT2D eigenvalue weighted by Crippen LogP contribution is 2.25. The van der Waals surface area contributed by atoms with Crippen LogP contribution in [0.1, 0.15) is 44.2 Å². The van der Waals surface area contributed by atoms with Crippen molar-refractivity contribution in [3.05, 3.63) is 34.9 Å². The summed E-state index contributed by atoms with van der Waals surface area (Å²) in [6.07, 6.45) is 7.46. The lowest BCUT2D eigenvalue weighted by Crippen LogP contribution is -2.28. The van der Waals surface area contributed by atoms with Crippen LogP contribution in [0.3, 0.4) is 0 Å². The number of hydrogen-bond acceptors (Lipinski definition) is 2. The van der Waals surface area contributed by atoms with Crippen LogP contribution in [0.4, 0.5) is 5.69 Å². The van der Waals surface area contributed by atoms with Crippen molar-refractivity contribution < 1.29 is 0 Å². The van der Waals surface area contributed by atoms with Gasteiger partial charge in [0, 0.05) is 12.2 Å². The third-order valence-electron chi connectivity index (χ3n) is 4.02. The van der Waals surface area contributed by atoms with Crippen LogP contribution in [0.2, 0.25) is 0 Å². The van der Waals surface area contributed by atoms with E-state index in [1.54, 1.807) is 0 Å². The van der Waals surface area contributed by atoms with E-state index < -0.39 is 0 Å². The molecule has 3 N–H and O–H groups in total. The van der Waals surface area contributed by atoms with Crippen molar-refractivity contribution in [1.82, 2.24) is 5.32 Å². The Balaban J connectivity index is 1.87. The van der Waals surface area contributed by atoms with Gasteiger partial charge in [0.25, 0.3) is 0 Å². The largest absolute Gasteiger partial charge is 0.398 e. The van der Waals surface area contributed by atoms with Gasteiger partial charge >= 0.3 is 0 Å². The van der Waals surface area contributed by atoms with Gasteiger partial charge in [0.15, 0.2) is 0 Å². The average Bonchev–Trinajstić information content (AvgIpc) is 2.35. The summed E-state index contributed by atoms with van der Waals surface area (Å²) in [4.78, 5) is 0. The maximum absolute atomic E-state index is 6.09. The summed E-state index contributed by atoms with van der Waals surface area (Å²) < 4.78 is 0. The SMILES string of the molecule is CCc1ccc(/C=C(\C)CNCC2CCC2)c(N)c1. The summed E-state index contributed by atoms with van der Waals surface area (Å²) in [7, 11) is 0. The Morgan fingerprint density at radius 3 is 2.79 bits per heavy atom. The fourth-order valence-corrected chi connectivity index (χ4v) is 2.46. The molecule has 0 heterocycles. The Morgan fingerprint density at radius 1 is 1.42 bits per heavy atom. The van der Waals surface area contributed by atoms with Crippen LogP contribution >= 0.6 is 0 Å². The van der Waals surface area contributed by atoms with Crippen molar-refractivity contribution in [2.45, 2.75) is 39.5 Å². The zero-order valence-corrected chi connectivity index (χ0v) is 12.2. The van der Waals surface area contributed by atoms with Crippen LogP contribution < -0.4 is 11.1 Å². The van der Waals surface area contributed by atoms with E-state index in [0.29, 0.717) is 0 Å². The number of benzene rings is 1. The van der Waals surface area contributed by atoms with Gasteiger partial charge in [0.2, 0.25) is 0 Å². The second kappa shape index (κ2) is 6.76. The van der Waals surface area contributed by atoms with Crippen LogP contribution in [0.15, 0.2) is 23.8 Å². The van der Waals surface area contributed by atoms with E-state index in [4.69, 9.17) is 5.73 Å². The van der Waals surface area contributed by atoms with Gasteiger partial charge in [-0.3, -0.25) is 0 Å². The molecule has 1 fully saturated rings. The molecule has 19 heavy (non-hydrogen) atoms. The number of anilines is 1. The minimum absolute atomic E-state index is 0.887. The molecule has 1 aliphatic carbocycles. The number of rotatable bonds is 6. The highest BCUT2D eigenvalue weighted by Gasteiger charge is 2.16. The van der Waals surface area contributed by atoms with Crippen molar-refractivity contribution in [2.75, 3.05) is 18.8 Å². The van der Waals surface area contributed by atoms with Crippen molar-refractivity contribution >= 4 is 11.8 Å². The zero-order valence-electron chi connectivity index (χ0n) is 12.2. The van der Waals surface area contributed by atoms with Crippen LogP contribution in [0.5, 0.6) is 0 Å². The molecule has 0 atom stereocenters. The molecule has 2 nitrogen and oxygen atoms in total. The van der Waals surface area contributed by atoms with E-state index in [1.165, 1.54) is 30.4 Å². The quantitative estimate of drug-likeness (QED) is 0.765. The Bertz CT molecular complexity index is 445. The third-order valence-corrected chi connectivity index (χ3v) is 4.02. The topological polar surface area (TPSA) is 38.0 Å². The lowest BCUT2D eigenvalue weighted by Gasteiger charge is -2.25. The smallest absolute Gasteiger partial charge is 0.0390 e. The number of aryl methyl sites for hydroxylation is 1. The molecule has 1 aromatic carbocycles. The predicted molar refractivity (Wildman–Crippen MR) is 84.1 cm³/mol. The molecule has 0 amide bonds. The Labute approximate surface area is 117 Å². The van der Waals surface area contributed by atoms with E-state index in [2.05, 4.69) is 43.4 Å². The predicted octanol–water partition coefficient (Wildman–Crippen LogP) is 3.62. The minimum Gasteiger partial charge on any atom is -0.398 e. The van der Waals surface area contributed by atoms with Gasteiger partial charge in [-0.05, 0) is 55.8 Å². The minimum atomic E-state index is 0.887. The fraction of sp³-hybridized carbons (Fsp3) is 0.529. The van der Waals surface area contributed by atoms with Crippen molar-refractivity contribution in [3.8, 4) is 0 Å². The van der Waals surface area contributed by atoms with Crippen LogP contribution in [0, 0.1) is 5.92 Å². The van der Waals surface area contributed by atoms with E-state index in [9.17, 15) is 0 Å². The van der Waals surface area contributed by atoms with Crippen LogP contribution in [-0.4, -0.2) is 13.1 Å². The van der Waals surface area contributed by atoms with Gasteiger partial charge in [-0.2, -0.15) is 0 Å². The first-order valence-electron chi connectivity index (χ1n) is 7.45. The fourth-order valence-electron chi connectivity index (χ4n) is 2.46. The van der Waals surface area contributed by atoms with Gasteiger partial charge in [0.05, 0.1) is 0 Å². The van der Waals surface area contributed by atoms with Crippen molar-refractivity contribution in [2.24, 2.45) is 5.92 Å². The summed E-state index contributed by atoms with van der Waals surface area (Å²) in [5.74, 6) is 0.918. The molecule has 2 rings (SSSR count). The number of nitrogen functional groups attached to an aromatic ring is 1. The van der Waals surface area contributed by atoms with E-state index >= 15 is 0 Å². The van der Waals surface area contributed by atoms with Crippen molar-refractivity contribution in [1.29, 1.82) is 0 Å². The van der Waals surface area contributed by atoms with E-state index in [0.717, 1.165) is 36.7 Å². The maximum atomic E-state index is 6.09. The first-order valence-corrected chi connectivity index (χ1v) is 7.45. The number of nitrogens with two attached hydrogens (primary N) is 1. The molecule has 0 radical (unpaired) electrons. The maximum Gasteiger partial charge on any atom is 0.0390 e. The Morgan fingerprint density at radius 2 is 2.21 bits per heavy atom. The molecule has 0 aromatic heterocycles. The van der Waals surface area contributed by atoms with Gasteiger partial charge in [-0.1, -0.05) is 37.1 Å². The van der Waals surface area contributed by atoms with Gasteiger partial charge in [0.1, 0.15) is 0 Å². The molecule has 0 unspecified atom stereocenters. The van der Waals surface area contributed by atoms with Gasteiger partial charge < -0.3 is 11.1 Å². The summed E-state index contributed by atoms with van der Waals surface area (Å²) in [6, 6.07) is 6.38. The monoisotopic (exact) mass is 258 g/mol. The van der Waals surface area contributed by atoms with Crippen molar-refractivity contribution in [3.63, 3.8) is 0 Å². The summed E-state index contributed by atoms with van der Waals surface area (Å²) in [5.41, 5.74) is 10.8. The molecule has 0 saturated heterocycles. The summed E-state index contributed by atoms with van der Waals surface area (Å²) in [6.45, 7) is 6.45. The summed E-state index contributed by atoms with van der Waals surface area (Å²) in [5, 5.41) is 3.54. The van der Waals surface area contributed by atoms with Crippen LogP contribution in [-0.2, 0) is 6.42 Å². The molecule has 2 heteroatoms. The first-order chi connectivity index (χ1) is 9.19. The van der Waals surface area contributed by atoms with Gasteiger partial charge in [-0.15, -0.1) is 0 Å². The second-order valence-corrected chi connectivity index (χ2v) is 5.74. The lowest BCUT2D eigenvalue weighted by atomic mass is 9.85. The highest BCUT2D eigenvalue weighted by molar-refractivity contribution is 5.66. The standard InChI is InChI=1S/C17H26N2/c1-3-14-7-8-16(17(18)10-14)9-13(2)11-19-12-15-5-4-6-15/h7-10,15,19H,3-6,11-12,18H2,1-2H3/b13-9+. The Hall–Kier alpha value is -1.28. The molecule has 0 spiro atoms. The normalized spacial score (nSPS) is 16.4. The van der Waals surface area contributed by atoms with Gasteiger partial charge in [-0.25, -0.2) is 0 Å². The van der Waals surface area contributed by atoms with E-state index in [1.807, 2.05) is 0 Å². The van der Waals surface area contributed by atoms with E-state index in [-0.39, 0.29) is 0 Å². The number of hydrogen-bond donors (Lipinski definition) is 2.